The number of benzene rings is 3. The van der Waals surface area contributed by atoms with E-state index in [0.29, 0.717) is 30.6 Å². The molecule has 2 aliphatic heterocycles. The largest absolute Gasteiger partial charge is 0.497 e. The first kappa shape index (κ1) is 37.6. The molecular formula is C38H46FN5O6. The van der Waals surface area contributed by atoms with Crippen LogP contribution in [0.2, 0.25) is 0 Å². The lowest BCUT2D eigenvalue weighted by molar-refractivity contribution is -0.132. The minimum Gasteiger partial charge on any atom is -0.497 e. The van der Waals surface area contributed by atoms with Crippen molar-refractivity contribution in [3.05, 3.63) is 101 Å². The molecule has 0 spiro atoms. The predicted octanol–water partition coefficient (Wildman–Crippen LogP) is 3.76. The van der Waals surface area contributed by atoms with Gasteiger partial charge in [-0.05, 0) is 73.2 Å². The van der Waals surface area contributed by atoms with Crippen LogP contribution in [-0.2, 0) is 27.3 Å². The molecule has 11 nitrogen and oxygen atoms in total. The molecule has 2 bridgehead atoms. The van der Waals surface area contributed by atoms with Crippen LogP contribution in [0.25, 0.3) is 0 Å². The number of nitrogens with zero attached hydrogens (tertiary/aromatic N) is 1. The summed E-state index contributed by atoms with van der Waals surface area (Å²) in [6.45, 7) is 6.02. The zero-order valence-electron chi connectivity index (χ0n) is 29.0. The first-order valence-corrected chi connectivity index (χ1v) is 17.0. The van der Waals surface area contributed by atoms with Gasteiger partial charge in [0.25, 0.3) is 11.8 Å². The summed E-state index contributed by atoms with van der Waals surface area (Å²) in [5.74, 6) is -2.75. The van der Waals surface area contributed by atoms with E-state index in [9.17, 15) is 28.4 Å². The lowest BCUT2D eigenvalue weighted by atomic mass is 9.96. The minimum atomic E-state index is -1.05. The number of hydrogen-bond donors (Lipinski definition) is 4. The smallest absolute Gasteiger partial charge is 0.257 e. The fraction of sp³-hybridized carbons (Fsp3) is 0.395. The van der Waals surface area contributed by atoms with Crippen LogP contribution < -0.4 is 26.0 Å². The zero-order chi connectivity index (χ0) is 36.2. The van der Waals surface area contributed by atoms with Crippen molar-refractivity contribution in [2.45, 2.75) is 71.1 Å². The Bertz CT molecular complexity index is 1650. The second-order valence-corrected chi connectivity index (χ2v) is 12.6. The molecule has 0 saturated carbocycles. The van der Waals surface area contributed by atoms with Gasteiger partial charge in [0.2, 0.25) is 17.7 Å². The molecule has 266 valence electrons. The Hall–Kier alpha value is -5.26. The molecule has 4 N–H and O–H groups in total. The quantitative estimate of drug-likeness (QED) is 0.291. The Labute approximate surface area is 292 Å². The van der Waals surface area contributed by atoms with Crippen molar-refractivity contribution < 1.29 is 33.1 Å². The summed E-state index contributed by atoms with van der Waals surface area (Å²) in [7, 11) is 1.55. The highest BCUT2D eigenvalue weighted by Gasteiger charge is 2.31. The van der Waals surface area contributed by atoms with Gasteiger partial charge in [0.1, 0.15) is 29.7 Å². The van der Waals surface area contributed by atoms with Crippen LogP contribution in [0.1, 0.15) is 71.9 Å². The maximum absolute atomic E-state index is 14.6. The van der Waals surface area contributed by atoms with Gasteiger partial charge in [0.05, 0.1) is 12.7 Å². The Morgan fingerprint density at radius 1 is 0.900 bits per heavy atom. The van der Waals surface area contributed by atoms with Crippen molar-refractivity contribution in [2.24, 2.45) is 5.92 Å². The Morgan fingerprint density at radius 3 is 2.26 bits per heavy atom. The molecule has 5 amide bonds. The second-order valence-electron chi connectivity index (χ2n) is 12.6. The van der Waals surface area contributed by atoms with E-state index in [4.69, 9.17) is 4.74 Å². The molecule has 0 saturated heterocycles. The fourth-order valence-corrected chi connectivity index (χ4v) is 5.61. The van der Waals surface area contributed by atoms with Gasteiger partial charge >= 0.3 is 0 Å². The maximum Gasteiger partial charge on any atom is 0.257 e. The first-order chi connectivity index (χ1) is 24.0. The van der Waals surface area contributed by atoms with Gasteiger partial charge in [-0.15, -0.1) is 0 Å². The van der Waals surface area contributed by atoms with Crippen molar-refractivity contribution in [1.29, 1.82) is 0 Å². The van der Waals surface area contributed by atoms with Crippen molar-refractivity contribution in [3.63, 3.8) is 0 Å². The van der Waals surface area contributed by atoms with Gasteiger partial charge in [0, 0.05) is 31.6 Å². The second kappa shape index (κ2) is 17.9. The third-order valence-corrected chi connectivity index (χ3v) is 8.90. The molecule has 0 aliphatic carbocycles. The molecule has 12 heteroatoms. The first-order valence-electron chi connectivity index (χ1n) is 17.0. The number of rotatable bonds is 6. The lowest BCUT2D eigenvalue weighted by Crippen LogP contribution is -2.58. The molecule has 4 atom stereocenters. The summed E-state index contributed by atoms with van der Waals surface area (Å²) in [6.07, 6.45) is 1.71. The van der Waals surface area contributed by atoms with Crippen LogP contribution in [0.4, 0.5) is 4.39 Å². The van der Waals surface area contributed by atoms with E-state index in [0.717, 1.165) is 11.1 Å². The number of nitrogens with one attached hydrogen (secondary N) is 4. The van der Waals surface area contributed by atoms with Crippen molar-refractivity contribution in [1.82, 2.24) is 26.2 Å². The van der Waals surface area contributed by atoms with Crippen LogP contribution in [0, 0.1) is 11.7 Å². The Balaban J connectivity index is 1.62. The molecule has 0 aromatic heterocycles. The monoisotopic (exact) mass is 687 g/mol. The molecule has 3 aromatic rings. The molecule has 5 rings (SSSR count). The van der Waals surface area contributed by atoms with Gasteiger partial charge in [-0.2, -0.15) is 0 Å². The SMILES string of the molecule is CC[C@H](C)C1NC(=O)c2ccc(cc2)CN(C(=O)c2ccccc2F)CCCCNC(=O)[C@@H](C)NC(=O)[C@H](Cc2ccc(OC)cc2)NC1=O. The van der Waals surface area contributed by atoms with Crippen molar-refractivity contribution in [3.8, 4) is 5.75 Å². The highest BCUT2D eigenvalue weighted by atomic mass is 19.1. The average Bonchev–Trinajstić information content (AvgIpc) is 3.12. The summed E-state index contributed by atoms with van der Waals surface area (Å²) in [6, 6.07) is 16.6. The average molecular weight is 688 g/mol. The number of carbonyl (C=O) groups is 5. The normalized spacial score (nSPS) is 20.4. The molecule has 2 aliphatic rings. The maximum atomic E-state index is 14.6. The zero-order valence-corrected chi connectivity index (χ0v) is 29.0. The van der Waals surface area contributed by atoms with E-state index in [1.807, 2.05) is 13.8 Å². The van der Waals surface area contributed by atoms with Crippen LogP contribution in [0.5, 0.6) is 5.75 Å². The fourth-order valence-electron chi connectivity index (χ4n) is 5.61. The van der Waals surface area contributed by atoms with E-state index < -0.39 is 53.5 Å². The standard InChI is InChI=1S/C38H46FN5O6/c1-5-24(2)33-37(48)42-32(22-26-14-18-29(50-4)19-15-26)36(47)41-25(3)34(45)40-20-8-9-21-44(38(49)30-10-6-7-11-31(30)39)23-27-12-16-28(17-13-27)35(46)43-33/h6-7,10-19,24-25,32-33H,5,8-9,20-23H2,1-4H3,(H,40,45)(H,41,47)(H,42,48)(H,43,46)/t24-,25+,32-,33?/m0/s1. The molecule has 0 radical (unpaired) electrons. The van der Waals surface area contributed by atoms with E-state index in [2.05, 4.69) is 21.3 Å². The number of halogens is 1. The lowest BCUT2D eigenvalue weighted by Gasteiger charge is -2.27. The minimum absolute atomic E-state index is 0.0495. The Morgan fingerprint density at radius 2 is 1.60 bits per heavy atom. The van der Waals surface area contributed by atoms with Crippen LogP contribution in [-0.4, -0.2) is 72.8 Å². The number of amides is 5. The molecule has 0 fully saturated rings. The van der Waals surface area contributed by atoms with Gasteiger partial charge in [-0.3, -0.25) is 24.0 Å². The molecule has 1 unspecified atom stereocenters. The predicted molar refractivity (Wildman–Crippen MR) is 187 cm³/mol. The molecular weight excluding hydrogens is 641 g/mol. The Kier molecular flexibility index (Phi) is 13.5. The van der Waals surface area contributed by atoms with E-state index in [1.165, 1.54) is 23.1 Å². The third-order valence-electron chi connectivity index (χ3n) is 8.90. The summed E-state index contributed by atoms with van der Waals surface area (Å²) in [5.41, 5.74) is 1.73. The van der Waals surface area contributed by atoms with Crippen LogP contribution >= 0.6 is 0 Å². The van der Waals surface area contributed by atoms with E-state index in [-0.39, 0.29) is 37.5 Å². The summed E-state index contributed by atoms with van der Waals surface area (Å²) < 4.78 is 19.8. The number of fused-ring (bicyclic) bond motifs is 18. The van der Waals surface area contributed by atoms with E-state index in [1.54, 1.807) is 68.6 Å². The summed E-state index contributed by atoms with van der Waals surface area (Å²) in [5, 5.41) is 11.2. The topological polar surface area (TPSA) is 146 Å². The van der Waals surface area contributed by atoms with Crippen molar-refractivity contribution in [2.75, 3.05) is 20.2 Å². The van der Waals surface area contributed by atoms with Gasteiger partial charge < -0.3 is 30.9 Å². The third kappa shape index (κ3) is 10.1. The van der Waals surface area contributed by atoms with E-state index >= 15 is 0 Å². The number of methoxy groups -OCH3 is 1. The van der Waals surface area contributed by atoms with Gasteiger partial charge in [-0.25, -0.2) is 4.39 Å². The number of hydrogen-bond acceptors (Lipinski definition) is 6. The highest BCUT2D eigenvalue weighted by Crippen LogP contribution is 2.17. The summed E-state index contributed by atoms with van der Waals surface area (Å²) >= 11 is 0. The van der Waals surface area contributed by atoms with Crippen LogP contribution in [0.3, 0.4) is 0 Å². The van der Waals surface area contributed by atoms with Crippen LogP contribution in [0.15, 0.2) is 72.8 Å². The molecule has 2 heterocycles. The molecule has 3 aromatic carbocycles. The number of carbonyl (C=O) groups excluding carboxylic acids is 5. The van der Waals surface area contributed by atoms with Crippen molar-refractivity contribution >= 4 is 29.5 Å². The number of ether oxygens (including phenoxy) is 1. The molecule has 50 heavy (non-hydrogen) atoms. The summed E-state index contributed by atoms with van der Waals surface area (Å²) in [4.78, 5) is 68.8. The highest BCUT2D eigenvalue weighted by molar-refractivity contribution is 5.99. The van der Waals surface area contributed by atoms with Gasteiger partial charge in [0.15, 0.2) is 0 Å². The van der Waals surface area contributed by atoms with Gasteiger partial charge in [-0.1, -0.05) is 56.7 Å².